The van der Waals surface area contributed by atoms with E-state index in [0.29, 0.717) is 31.7 Å². The number of nitrogens with one attached hydrogen (secondary N) is 1. The average Bonchev–Trinajstić information content (AvgIpc) is 3.07. The van der Waals surface area contributed by atoms with Crippen LogP contribution in [0.2, 0.25) is 0 Å². The van der Waals surface area contributed by atoms with Crippen molar-refractivity contribution in [3.05, 3.63) is 30.1 Å². The van der Waals surface area contributed by atoms with E-state index in [1.165, 1.54) is 11.8 Å². The number of aromatic amines is 1. The number of aromatic nitrogens is 2. The first-order valence-electron chi connectivity index (χ1n) is 7.71. The smallest absolute Gasteiger partial charge is 0.315 e. The van der Waals surface area contributed by atoms with Crippen molar-refractivity contribution in [3.63, 3.8) is 0 Å². The van der Waals surface area contributed by atoms with Crippen LogP contribution in [0.15, 0.2) is 24.5 Å². The van der Waals surface area contributed by atoms with Crippen molar-refractivity contribution in [2.45, 2.75) is 6.92 Å². The molecule has 0 aliphatic carbocycles. The topological polar surface area (TPSA) is 107 Å². The molecule has 1 aromatic carbocycles. The number of hydrogen-bond donors (Lipinski definition) is 2. The number of rotatable bonds is 3. The first kappa shape index (κ1) is 16.0. The molecule has 0 bridgehead atoms. The maximum atomic E-state index is 12.6. The lowest BCUT2D eigenvalue weighted by Crippen LogP contribution is -2.52. The molecular formula is C16H18N4O4. The molecule has 1 aliphatic heterocycles. The Morgan fingerprint density at radius 3 is 2.50 bits per heavy atom. The van der Waals surface area contributed by atoms with Gasteiger partial charge in [0.25, 0.3) is 5.91 Å². The Balaban J connectivity index is 1.64. The number of H-pyrrole nitrogens is 1. The molecule has 0 radical (unpaired) electrons. The summed E-state index contributed by atoms with van der Waals surface area (Å²) >= 11 is 0. The van der Waals surface area contributed by atoms with Gasteiger partial charge < -0.3 is 19.9 Å². The Morgan fingerprint density at radius 2 is 1.83 bits per heavy atom. The van der Waals surface area contributed by atoms with Gasteiger partial charge in [-0.25, -0.2) is 4.98 Å². The summed E-state index contributed by atoms with van der Waals surface area (Å²) in [5.41, 5.74) is 2.15. The normalized spacial score (nSPS) is 16.2. The summed E-state index contributed by atoms with van der Waals surface area (Å²) in [6.45, 7) is 2.83. The molecule has 1 aliphatic rings. The third-order valence-corrected chi connectivity index (χ3v) is 4.29. The first-order valence-corrected chi connectivity index (χ1v) is 7.71. The summed E-state index contributed by atoms with van der Waals surface area (Å²) in [5.74, 6) is -2.71. The van der Waals surface area contributed by atoms with Crippen LogP contribution in [0.5, 0.6) is 0 Å². The van der Waals surface area contributed by atoms with E-state index in [1.807, 2.05) is 0 Å². The van der Waals surface area contributed by atoms with Gasteiger partial charge in [-0.15, -0.1) is 0 Å². The van der Waals surface area contributed by atoms with Crippen LogP contribution >= 0.6 is 0 Å². The Kier molecular flexibility index (Phi) is 4.20. The molecule has 24 heavy (non-hydrogen) atoms. The molecule has 0 saturated carbocycles. The van der Waals surface area contributed by atoms with E-state index >= 15 is 0 Å². The molecule has 8 heteroatoms. The van der Waals surface area contributed by atoms with Gasteiger partial charge >= 0.3 is 5.97 Å². The number of aliphatic carboxylic acids is 1. The second-order valence-corrected chi connectivity index (χ2v) is 5.81. The minimum atomic E-state index is -1.13. The number of nitrogens with zero attached hydrogens (tertiary/aromatic N) is 3. The van der Waals surface area contributed by atoms with Crippen LogP contribution in [0.25, 0.3) is 11.0 Å². The lowest BCUT2D eigenvalue weighted by Gasteiger charge is -2.35. The fourth-order valence-corrected chi connectivity index (χ4v) is 2.76. The van der Waals surface area contributed by atoms with Crippen LogP contribution in [0.3, 0.4) is 0 Å². The van der Waals surface area contributed by atoms with E-state index in [-0.39, 0.29) is 5.91 Å². The Morgan fingerprint density at radius 1 is 1.17 bits per heavy atom. The number of imidazole rings is 1. The molecule has 1 atom stereocenters. The van der Waals surface area contributed by atoms with Gasteiger partial charge in [0.2, 0.25) is 5.91 Å². The number of amides is 2. The van der Waals surface area contributed by atoms with E-state index in [9.17, 15) is 14.4 Å². The van der Waals surface area contributed by atoms with Crippen molar-refractivity contribution in [3.8, 4) is 0 Å². The molecule has 0 spiro atoms. The third kappa shape index (κ3) is 2.94. The van der Waals surface area contributed by atoms with Crippen LogP contribution in [0.1, 0.15) is 17.3 Å². The highest BCUT2D eigenvalue weighted by atomic mass is 16.4. The standard InChI is InChI=1S/C16H18N4O4/c1-10(16(23)24)14(21)19-4-6-20(7-5-19)15(22)11-2-3-12-13(8-11)18-9-17-12/h2-3,8-10H,4-7H2,1H3,(H,17,18)(H,23,24). The second kappa shape index (κ2) is 6.31. The van der Waals surface area contributed by atoms with Crippen molar-refractivity contribution in [2.75, 3.05) is 26.2 Å². The molecule has 2 amide bonds. The Bertz CT molecular complexity index is 792. The minimum absolute atomic E-state index is 0.107. The number of carboxylic acids is 1. The van der Waals surface area contributed by atoms with Crippen molar-refractivity contribution in [2.24, 2.45) is 5.92 Å². The molecule has 3 rings (SSSR count). The third-order valence-electron chi connectivity index (χ3n) is 4.29. The first-order chi connectivity index (χ1) is 11.5. The zero-order valence-corrected chi connectivity index (χ0v) is 13.2. The predicted molar refractivity (Wildman–Crippen MR) is 85.4 cm³/mol. The highest BCUT2D eigenvalue weighted by molar-refractivity contribution is 5.98. The number of carbonyl (C=O) groups is 3. The number of piperazine rings is 1. The SMILES string of the molecule is CC(C(=O)O)C(=O)N1CCN(C(=O)c2ccc3nc[nH]c3c2)CC1. The summed E-state index contributed by atoms with van der Waals surface area (Å²) in [6, 6.07) is 5.28. The number of fused-ring (bicyclic) bond motifs is 1. The largest absolute Gasteiger partial charge is 0.481 e. The van der Waals surface area contributed by atoms with Crippen LogP contribution in [0, 0.1) is 5.92 Å². The van der Waals surface area contributed by atoms with E-state index in [0.717, 1.165) is 11.0 Å². The van der Waals surface area contributed by atoms with E-state index in [2.05, 4.69) is 9.97 Å². The Labute approximate surface area is 138 Å². The summed E-state index contributed by atoms with van der Waals surface area (Å²) in [6.07, 6.45) is 1.58. The van der Waals surface area contributed by atoms with Gasteiger partial charge in [0, 0.05) is 31.7 Å². The number of carboxylic acid groups (broad SMARTS) is 1. The molecule has 2 aromatic rings. The maximum absolute atomic E-state index is 12.6. The highest BCUT2D eigenvalue weighted by Crippen LogP contribution is 2.15. The van der Waals surface area contributed by atoms with Crippen molar-refractivity contribution >= 4 is 28.8 Å². The van der Waals surface area contributed by atoms with E-state index in [1.54, 1.807) is 29.4 Å². The molecule has 1 fully saturated rings. The zero-order chi connectivity index (χ0) is 17.3. The quantitative estimate of drug-likeness (QED) is 0.800. The lowest BCUT2D eigenvalue weighted by molar-refractivity contribution is -0.151. The molecule has 1 aromatic heterocycles. The predicted octanol–water partition coefficient (Wildman–Crippen LogP) is 0.568. The average molecular weight is 330 g/mol. The van der Waals surface area contributed by atoms with Gasteiger partial charge in [-0.2, -0.15) is 0 Å². The van der Waals surface area contributed by atoms with Crippen LogP contribution in [0.4, 0.5) is 0 Å². The molecule has 1 unspecified atom stereocenters. The summed E-state index contributed by atoms with van der Waals surface area (Å²) < 4.78 is 0. The molecule has 8 nitrogen and oxygen atoms in total. The monoisotopic (exact) mass is 330 g/mol. The van der Waals surface area contributed by atoms with Crippen molar-refractivity contribution in [1.29, 1.82) is 0 Å². The van der Waals surface area contributed by atoms with Crippen LogP contribution in [-0.4, -0.2) is 68.8 Å². The molecule has 1 saturated heterocycles. The number of carbonyl (C=O) groups excluding carboxylic acids is 2. The summed E-state index contributed by atoms with van der Waals surface area (Å²) in [7, 11) is 0. The number of hydrogen-bond acceptors (Lipinski definition) is 4. The summed E-state index contributed by atoms with van der Waals surface area (Å²) in [4.78, 5) is 45.8. The van der Waals surface area contributed by atoms with Crippen molar-refractivity contribution < 1.29 is 19.5 Å². The Hall–Kier alpha value is -2.90. The summed E-state index contributed by atoms with van der Waals surface area (Å²) in [5, 5.41) is 8.92. The van der Waals surface area contributed by atoms with E-state index in [4.69, 9.17) is 5.11 Å². The van der Waals surface area contributed by atoms with Crippen LogP contribution < -0.4 is 0 Å². The second-order valence-electron chi connectivity index (χ2n) is 5.81. The van der Waals surface area contributed by atoms with Gasteiger partial charge in [-0.05, 0) is 25.1 Å². The van der Waals surface area contributed by atoms with Gasteiger partial charge in [0.1, 0.15) is 5.92 Å². The number of benzene rings is 1. The van der Waals surface area contributed by atoms with Gasteiger partial charge in [-0.1, -0.05) is 0 Å². The maximum Gasteiger partial charge on any atom is 0.315 e. The molecule has 126 valence electrons. The van der Waals surface area contributed by atoms with Gasteiger partial charge in [-0.3, -0.25) is 14.4 Å². The fourth-order valence-electron chi connectivity index (χ4n) is 2.76. The fraction of sp³-hybridized carbons (Fsp3) is 0.375. The van der Waals surface area contributed by atoms with E-state index < -0.39 is 17.8 Å². The van der Waals surface area contributed by atoms with Crippen LogP contribution in [-0.2, 0) is 9.59 Å². The zero-order valence-electron chi connectivity index (χ0n) is 13.2. The molecule has 2 N–H and O–H groups in total. The van der Waals surface area contributed by atoms with Crippen molar-refractivity contribution in [1.82, 2.24) is 19.8 Å². The molecule has 2 heterocycles. The van der Waals surface area contributed by atoms with Gasteiger partial charge in [0.15, 0.2) is 0 Å². The lowest BCUT2D eigenvalue weighted by atomic mass is 10.1. The minimum Gasteiger partial charge on any atom is -0.481 e. The molecular weight excluding hydrogens is 312 g/mol. The van der Waals surface area contributed by atoms with Gasteiger partial charge in [0.05, 0.1) is 17.4 Å². The highest BCUT2D eigenvalue weighted by Gasteiger charge is 2.30.